The maximum atomic E-state index is 12.1. The molecule has 0 aromatic heterocycles. The minimum atomic E-state index is -0.858. The molecule has 0 spiro atoms. The molecule has 0 aliphatic heterocycles. The molecule has 0 heterocycles. The van der Waals surface area contributed by atoms with Crippen LogP contribution in [0.4, 0.5) is 5.69 Å². The number of nitrogens with one attached hydrogen (secondary N) is 2. The first-order valence-electron chi connectivity index (χ1n) is 8.94. The zero-order chi connectivity index (χ0) is 20.2. The fraction of sp³-hybridized carbons (Fsp3) is 0.350. The predicted molar refractivity (Wildman–Crippen MR) is 113 cm³/mol. The normalized spacial score (nSPS) is 12.5. The van der Waals surface area contributed by atoms with Crippen molar-refractivity contribution in [2.24, 2.45) is 17.2 Å². The molecule has 0 saturated carbocycles. The van der Waals surface area contributed by atoms with Gasteiger partial charge in [0, 0.05) is 17.3 Å². The standard InChI is InChI=1S/C17H21ClN4O.C3H9N/c1-11-9-12(7-8-14(11)18)10-21-16(20)15(19)17(23)22-13-5-3-2-4-6-13;1-2-3-4/h2-9,15-16,21H,10,19-20H2,1H3,(H,22,23);2-4H2,1H3. The lowest BCUT2D eigenvalue weighted by molar-refractivity contribution is -0.118. The van der Waals surface area contributed by atoms with E-state index in [0.29, 0.717) is 12.2 Å². The number of nitrogens with two attached hydrogens (primary N) is 3. The molecule has 0 aliphatic carbocycles. The molecule has 27 heavy (non-hydrogen) atoms. The molecule has 148 valence electrons. The zero-order valence-corrected chi connectivity index (χ0v) is 16.7. The van der Waals surface area contributed by atoms with Gasteiger partial charge in [0.2, 0.25) is 5.91 Å². The molecular formula is C20H30ClN5O. The second-order valence-electron chi connectivity index (χ2n) is 6.16. The number of para-hydroxylation sites is 1. The summed E-state index contributed by atoms with van der Waals surface area (Å²) in [4.78, 5) is 12.1. The minimum Gasteiger partial charge on any atom is -0.330 e. The Morgan fingerprint density at radius 1 is 1.15 bits per heavy atom. The van der Waals surface area contributed by atoms with Gasteiger partial charge in [-0.3, -0.25) is 10.1 Å². The summed E-state index contributed by atoms with van der Waals surface area (Å²) < 4.78 is 0. The average Bonchev–Trinajstić information content (AvgIpc) is 2.69. The molecule has 0 fully saturated rings. The van der Waals surface area contributed by atoms with E-state index in [9.17, 15) is 4.79 Å². The smallest absolute Gasteiger partial charge is 0.244 e. The van der Waals surface area contributed by atoms with E-state index in [0.717, 1.165) is 29.1 Å². The number of hydrogen-bond donors (Lipinski definition) is 5. The van der Waals surface area contributed by atoms with Crippen LogP contribution in [0.3, 0.4) is 0 Å². The molecule has 0 saturated heterocycles. The summed E-state index contributed by atoms with van der Waals surface area (Å²) in [5.41, 5.74) is 19.6. The van der Waals surface area contributed by atoms with Crippen molar-refractivity contribution in [3.8, 4) is 0 Å². The number of anilines is 1. The molecule has 2 rings (SSSR count). The van der Waals surface area contributed by atoms with Crippen LogP contribution in [0.2, 0.25) is 5.02 Å². The third-order valence-electron chi connectivity index (χ3n) is 3.78. The number of rotatable bonds is 7. The fourth-order valence-electron chi connectivity index (χ4n) is 2.09. The van der Waals surface area contributed by atoms with Crippen molar-refractivity contribution in [2.45, 2.75) is 39.0 Å². The molecule has 0 bridgehead atoms. The molecular weight excluding hydrogens is 362 g/mol. The van der Waals surface area contributed by atoms with E-state index in [1.54, 1.807) is 12.1 Å². The first kappa shape index (κ1) is 23.1. The first-order valence-corrected chi connectivity index (χ1v) is 9.32. The monoisotopic (exact) mass is 391 g/mol. The summed E-state index contributed by atoms with van der Waals surface area (Å²) in [7, 11) is 0. The van der Waals surface area contributed by atoms with E-state index in [1.807, 2.05) is 43.3 Å². The molecule has 6 nitrogen and oxygen atoms in total. The van der Waals surface area contributed by atoms with Gasteiger partial charge in [0.1, 0.15) is 6.04 Å². The van der Waals surface area contributed by atoms with Crippen LogP contribution in [-0.2, 0) is 11.3 Å². The van der Waals surface area contributed by atoms with Crippen molar-refractivity contribution >= 4 is 23.2 Å². The Kier molecular flexibility index (Phi) is 10.6. The Balaban J connectivity index is 0.000000828. The van der Waals surface area contributed by atoms with Crippen molar-refractivity contribution < 1.29 is 4.79 Å². The van der Waals surface area contributed by atoms with Gasteiger partial charge in [0.25, 0.3) is 0 Å². The van der Waals surface area contributed by atoms with Crippen LogP contribution in [0.15, 0.2) is 48.5 Å². The molecule has 7 heteroatoms. The minimum absolute atomic E-state index is 0.330. The van der Waals surface area contributed by atoms with Crippen molar-refractivity contribution in [3.63, 3.8) is 0 Å². The maximum absolute atomic E-state index is 12.1. The molecule has 8 N–H and O–H groups in total. The van der Waals surface area contributed by atoms with Gasteiger partial charge in [-0.15, -0.1) is 0 Å². The van der Waals surface area contributed by atoms with Gasteiger partial charge < -0.3 is 22.5 Å². The summed E-state index contributed by atoms with van der Waals surface area (Å²) in [5.74, 6) is -0.330. The number of amides is 1. The Morgan fingerprint density at radius 2 is 1.78 bits per heavy atom. The number of hydrogen-bond acceptors (Lipinski definition) is 5. The number of carbonyl (C=O) groups excluding carboxylic acids is 1. The lowest BCUT2D eigenvalue weighted by atomic mass is 10.1. The highest BCUT2D eigenvalue weighted by Crippen LogP contribution is 2.16. The first-order chi connectivity index (χ1) is 12.9. The topological polar surface area (TPSA) is 119 Å². The molecule has 2 unspecified atom stereocenters. The van der Waals surface area contributed by atoms with Gasteiger partial charge in [0.05, 0.1) is 6.17 Å². The SMILES string of the molecule is CCCN.Cc1cc(CNC(N)C(N)C(=O)Nc2ccccc2)ccc1Cl. The zero-order valence-electron chi connectivity index (χ0n) is 15.9. The van der Waals surface area contributed by atoms with Crippen LogP contribution >= 0.6 is 11.6 Å². The molecule has 0 aliphatic rings. The highest BCUT2D eigenvalue weighted by Gasteiger charge is 2.21. The van der Waals surface area contributed by atoms with E-state index < -0.39 is 12.2 Å². The second kappa shape index (κ2) is 12.4. The largest absolute Gasteiger partial charge is 0.330 e. The van der Waals surface area contributed by atoms with Crippen LogP contribution in [-0.4, -0.2) is 24.7 Å². The Labute approximate surface area is 166 Å². The highest BCUT2D eigenvalue weighted by molar-refractivity contribution is 6.31. The Bertz CT molecular complexity index is 694. The summed E-state index contributed by atoms with van der Waals surface area (Å²) in [6, 6.07) is 14.0. The van der Waals surface area contributed by atoms with Crippen LogP contribution in [0.1, 0.15) is 24.5 Å². The Hall–Kier alpha value is -1.96. The van der Waals surface area contributed by atoms with Gasteiger partial charge in [-0.05, 0) is 49.2 Å². The quantitative estimate of drug-likeness (QED) is 0.464. The summed E-state index contributed by atoms with van der Waals surface area (Å²) in [5, 5.41) is 6.52. The van der Waals surface area contributed by atoms with Gasteiger partial charge in [0.15, 0.2) is 0 Å². The summed E-state index contributed by atoms with van der Waals surface area (Å²) in [6.07, 6.45) is 0.440. The van der Waals surface area contributed by atoms with E-state index in [2.05, 4.69) is 17.6 Å². The lowest BCUT2D eigenvalue weighted by Gasteiger charge is -2.21. The molecule has 2 atom stereocenters. The van der Waals surface area contributed by atoms with Gasteiger partial charge in [-0.2, -0.15) is 0 Å². The van der Waals surface area contributed by atoms with Crippen molar-refractivity contribution in [2.75, 3.05) is 11.9 Å². The third-order valence-corrected chi connectivity index (χ3v) is 4.21. The van der Waals surface area contributed by atoms with E-state index in [1.165, 1.54) is 0 Å². The van der Waals surface area contributed by atoms with Crippen molar-refractivity contribution in [1.82, 2.24) is 5.32 Å². The number of carbonyl (C=O) groups is 1. The van der Waals surface area contributed by atoms with E-state index in [-0.39, 0.29) is 5.91 Å². The van der Waals surface area contributed by atoms with E-state index in [4.69, 9.17) is 28.8 Å². The van der Waals surface area contributed by atoms with Crippen LogP contribution in [0.25, 0.3) is 0 Å². The molecule has 0 radical (unpaired) electrons. The molecule has 2 aromatic rings. The van der Waals surface area contributed by atoms with Gasteiger partial charge in [-0.1, -0.05) is 48.9 Å². The van der Waals surface area contributed by atoms with E-state index >= 15 is 0 Å². The van der Waals surface area contributed by atoms with Crippen molar-refractivity contribution in [1.29, 1.82) is 0 Å². The number of aryl methyl sites for hydroxylation is 1. The van der Waals surface area contributed by atoms with Crippen molar-refractivity contribution in [3.05, 3.63) is 64.7 Å². The fourth-order valence-corrected chi connectivity index (χ4v) is 2.21. The third kappa shape index (κ3) is 8.51. The molecule has 2 aromatic carbocycles. The van der Waals surface area contributed by atoms with Gasteiger partial charge >= 0.3 is 0 Å². The summed E-state index contributed by atoms with van der Waals surface area (Å²) in [6.45, 7) is 5.32. The summed E-state index contributed by atoms with van der Waals surface area (Å²) >= 11 is 5.99. The van der Waals surface area contributed by atoms with Gasteiger partial charge in [-0.25, -0.2) is 0 Å². The van der Waals surface area contributed by atoms with Crippen LogP contribution < -0.4 is 27.8 Å². The lowest BCUT2D eigenvalue weighted by Crippen LogP contribution is -2.56. The van der Waals surface area contributed by atoms with Crippen LogP contribution in [0, 0.1) is 6.92 Å². The number of benzene rings is 2. The Morgan fingerprint density at radius 3 is 2.33 bits per heavy atom. The predicted octanol–water partition coefficient (Wildman–Crippen LogP) is 2.34. The number of halogens is 1. The maximum Gasteiger partial charge on any atom is 0.244 e. The average molecular weight is 392 g/mol. The second-order valence-corrected chi connectivity index (χ2v) is 6.57. The van der Waals surface area contributed by atoms with Crippen LogP contribution in [0.5, 0.6) is 0 Å². The highest BCUT2D eigenvalue weighted by atomic mass is 35.5. The molecule has 1 amide bonds.